The van der Waals surface area contributed by atoms with Crippen molar-refractivity contribution in [1.82, 2.24) is 14.6 Å². The normalized spacial score (nSPS) is 17.9. The van der Waals surface area contributed by atoms with Crippen LogP contribution in [0.1, 0.15) is 23.1 Å². The van der Waals surface area contributed by atoms with Crippen LogP contribution in [0.3, 0.4) is 0 Å². The third-order valence-electron chi connectivity index (χ3n) is 6.41. The summed E-state index contributed by atoms with van der Waals surface area (Å²) in [5, 5.41) is 4.39. The minimum Gasteiger partial charge on any atom is -0.485 e. The Balaban J connectivity index is 1.30. The van der Waals surface area contributed by atoms with Crippen LogP contribution in [0.15, 0.2) is 77.6 Å². The van der Waals surface area contributed by atoms with Crippen LogP contribution in [0.5, 0.6) is 11.5 Å². The summed E-state index contributed by atoms with van der Waals surface area (Å²) in [7, 11) is 0. The minimum absolute atomic E-state index is 0.0472. The summed E-state index contributed by atoms with van der Waals surface area (Å²) < 4.78 is 27.5. The highest BCUT2D eigenvalue weighted by atomic mass is 32.1. The quantitative estimate of drug-likeness (QED) is 0.369. The van der Waals surface area contributed by atoms with Crippen LogP contribution >= 0.6 is 11.3 Å². The molecule has 0 fully saturated rings. The number of fused-ring (bicyclic) bond motifs is 3. The molecule has 0 spiro atoms. The van der Waals surface area contributed by atoms with E-state index in [-0.39, 0.29) is 29.2 Å². The minimum atomic E-state index is -0.567. The maximum absolute atomic E-state index is 14.4. The van der Waals surface area contributed by atoms with E-state index in [1.165, 1.54) is 15.5 Å². The van der Waals surface area contributed by atoms with Gasteiger partial charge in [0.1, 0.15) is 17.0 Å². The van der Waals surface area contributed by atoms with Gasteiger partial charge in [-0.05, 0) is 24.3 Å². The molecule has 7 rings (SSSR count). The summed E-state index contributed by atoms with van der Waals surface area (Å²) in [5.41, 5.74) is 1.45. The number of aromatic nitrogens is 3. The molecule has 1 unspecified atom stereocenters. The van der Waals surface area contributed by atoms with E-state index in [0.717, 1.165) is 11.3 Å². The lowest BCUT2D eigenvalue weighted by Crippen LogP contribution is -2.32. The molecule has 0 N–H and O–H groups in total. The van der Waals surface area contributed by atoms with Gasteiger partial charge in [0, 0.05) is 11.1 Å². The average molecular weight is 513 g/mol. The lowest BCUT2D eigenvalue weighted by Gasteiger charge is -2.24. The molecular formula is C27H17FN4O4S. The molecule has 0 radical (unpaired) electrons. The van der Waals surface area contributed by atoms with Crippen molar-refractivity contribution in [2.45, 2.75) is 12.6 Å². The summed E-state index contributed by atoms with van der Waals surface area (Å²) in [6.07, 6.45) is -0.567. The first kappa shape index (κ1) is 21.7. The molecule has 0 saturated heterocycles. The van der Waals surface area contributed by atoms with E-state index in [4.69, 9.17) is 9.47 Å². The molecule has 0 bridgehead atoms. The number of benzene rings is 3. The van der Waals surface area contributed by atoms with Crippen LogP contribution in [0.25, 0.3) is 10.5 Å². The first-order valence-electron chi connectivity index (χ1n) is 11.6. The molecule has 182 valence electrons. The Bertz CT molecular complexity index is 1830. The number of hydrogen-bond donors (Lipinski definition) is 0. The van der Waals surface area contributed by atoms with Crippen molar-refractivity contribution in [1.29, 1.82) is 0 Å². The van der Waals surface area contributed by atoms with Crippen LogP contribution in [0.2, 0.25) is 0 Å². The Hall–Kier alpha value is -4.57. The Labute approximate surface area is 212 Å². The van der Waals surface area contributed by atoms with Crippen LogP contribution in [0.4, 0.5) is 10.1 Å². The Morgan fingerprint density at radius 1 is 0.973 bits per heavy atom. The number of rotatable bonds is 3. The topological polar surface area (TPSA) is 86.0 Å². The van der Waals surface area contributed by atoms with Gasteiger partial charge in [-0.25, -0.2) is 4.39 Å². The number of carbonyl (C=O) groups excluding carboxylic acids is 1. The van der Waals surface area contributed by atoms with Gasteiger partial charge in [-0.2, -0.15) is 9.50 Å². The molecule has 2 aliphatic heterocycles. The molecular weight excluding hydrogens is 495 g/mol. The zero-order valence-corrected chi connectivity index (χ0v) is 19.9. The first-order chi connectivity index (χ1) is 18.1. The lowest BCUT2D eigenvalue weighted by atomic mass is 10.1. The maximum atomic E-state index is 14.4. The first-order valence-corrected chi connectivity index (χ1v) is 12.4. The van der Waals surface area contributed by atoms with Gasteiger partial charge in [0.15, 0.2) is 23.4 Å². The van der Waals surface area contributed by atoms with Crippen LogP contribution < -0.4 is 24.5 Å². The van der Waals surface area contributed by atoms with Gasteiger partial charge in [-0.3, -0.25) is 9.59 Å². The number of amides is 1. The van der Waals surface area contributed by atoms with Crippen LogP contribution in [0, 0.1) is 5.82 Å². The maximum Gasteiger partial charge on any atom is 0.291 e. The summed E-state index contributed by atoms with van der Waals surface area (Å²) in [5.74, 6) is 0.786. The predicted molar refractivity (Wildman–Crippen MR) is 134 cm³/mol. The number of ether oxygens (including phenoxy) is 2. The van der Waals surface area contributed by atoms with Crippen molar-refractivity contribution in [3.8, 4) is 11.5 Å². The standard InChI is InChI=1S/C27H17FN4O4S/c28-17-9-3-1-7-15(17)13-31-18-10-4-2-8-16(18)22(25(31)33)23-26(34)32-27(37-23)29-24(30-32)21-14-35-19-11-5-6-12-20(19)36-21/h1-12,21H,13-14H2. The smallest absolute Gasteiger partial charge is 0.291 e. The molecule has 0 aliphatic carbocycles. The molecule has 1 amide bonds. The van der Waals surface area contributed by atoms with Crippen molar-refractivity contribution in [3.63, 3.8) is 0 Å². The van der Waals surface area contributed by atoms with E-state index >= 15 is 0 Å². The second-order valence-electron chi connectivity index (χ2n) is 8.64. The number of hydrogen-bond acceptors (Lipinski definition) is 7. The average Bonchev–Trinajstić information content (AvgIpc) is 3.56. The number of thiazole rings is 1. The predicted octanol–water partition coefficient (Wildman–Crippen LogP) is 3.27. The second-order valence-corrected chi connectivity index (χ2v) is 9.62. The molecule has 2 aromatic heterocycles. The van der Waals surface area contributed by atoms with Crippen molar-refractivity contribution in [2.24, 2.45) is 0 Å². The van der Waals surface area contributed by atoms with E-state index < -0.39 is 17.5 Å². The Morgan fingerprint density at radius 2 is 1.73 bits per heavy atom. The molecule has 1 atom stereocenters. The Kier molecular flexibility index (Phi) is 4.83. The van der Waals surface area contributed by atoms with Gasteiger partial charge in [0.2, 0.25) is 4.96 Å². The van der Waals surface area contributed by atoms with Gasteiger partial charge in [-0.15, -0.1) is 5.10 Å². The number of anilines is 1. The van der Waals surface area contributed by atoms with Gasteiger partial charge in [-0.1, -0.05) is 59.9 Å². The molecule has 8 nitrogen and oxygen atoms in total. The number of para-hydroxylation sites is 3. The molecule has 2 aliphatic rings. The van der Waals surface area contributed by atoms with E-state index in [9.17, 15) is 14.0 Å². The fourth-order valence-corrected chi connectivity index (χ4v) is 5.64. The highest BCUT2D eigenvalue weighted by Crippen LogP contribution is 2.37. The van der Waals surface area contributed by atoms with Crippen molar-refractivity contribution in [2.75, 3.05) is 11.5 Å². The van der Waals surface area contributed by atoms with E-state index in [1.807, 2.05) is 18.2 Å². The Morgan fingerprint density at radius 3 is 2.57 bits per heavy atom. The number of halogens is 1. The fraction of sp³-hybridized carbons (Fsp3) is 0.111. The molecule has 0 saturated carbocycles. The lowest BCUT2D eigenvalue weighted by molar-refractivity contribution is -0.113. The number of nitrogens with zero attached hydrogens (tertiary/aromatic N) is 4. The van der Waals surface area contributed by atoms with Gasteiger partial charge >= 0.3 is 0 Å². The van der Waals surface area contributed by atoms with Gasteiger partial charge < -0.3 is 14.4 Å². The molecule has 10 heteroatoms. The van der Waals surface area contributed by atoms with Gasteiger partial charge in [0.05, 0.1) is 17.8 Å². The van der Waals surface area contributed by atoms with Crippen LogP contribution in [-0.4, -0.2) is 27.1 Å². The SMILES string of the molecule is O=C1C(=c2sc3nc(C4COc5ccccc5O4)nn3c2=O)c2ccccc2N1Cc1ccccc1F. The fourth-order valence-electron chi connectivity index (χ4n) is 4.64. The van der Waals surface area contributed by atoms with Crippen molar-refractivity contribution in [3.05, 3.63) is 110 Å². The highest BCUT2D eigenvalue weighted by Gasteiger charge is 2.35. The third kappa shape index (κ3) is 3.40. The summed E-state index contributed by atoms with van der Waals surface area (Å²) >= 11 is 1.09. The molecule has 4 heterocycles. The number of carbonyl (C=O) groups is 1. The molecule has 5 aromatic rings. The van der Waals surface area contributed by atoms with Crippen molar-refractivity contribution >= 4 is 33.5 Å². The summed E-state index contributed by atoms with van der Waals surface area (Å²) in [6, 6.07) is 20.8. The van der Waals surface area contributed by atoms with E-state index in [0.29, 0.717) is 39.1 Å². The highest BCUT2D eigenvalue weighted by molar-refractivity contribution is 7.15. The monoisotopic (exact) mass is 512 g/mol. The zero-order valence-electron chi connectivity index (χ0n) is 19.1. The van der Waals surface area contributed by atoms with Crippen LogP contribution in [-0.2, 0) is 11.3 Å². The van der Waals surface area contributed by atoms with E-state index in [1.54, 1.807) is 48.5 Å². The summed E-state index contributed by atoms with van der Waals surface area (Å²) in [4.78, 5) is 33.4. The third-order valence-corrected chi connectivity index (χ3v) is 7.44. The molecule has 37 heavy (non-hydrogen) atoms. The van der Waals surface area contributed by atoms with Gasteiger partial charge in [0.25, 0.3) is 11.5 Å². The van der Waals surface area contributed by atoms with Crippen molar-refractivity contribution < 1.29 is 18.7 Å². The largest absolute Gasteiger partial charge is 0.485 e. The van der Waals surface area contributed by atoms with E-state index in [2.05, 4.69) is 10.1 Å². The molecule has 3 aromatic carbocycles. The zero-order chi connectivity index (χ0) is 25.1. The second kappa shape index (κ2) is 8.24. The summed E-state index contributed by atoms with van der Waals surface area (Å²) in [6.45, 7) is 0.260.